The van der Waals surface area contributed by atoms with Crippen LogP contribution >= 0.6 is 11.6 Å². The van der Waals surface area contributed by atoms with Crippen LogP contribution in [-0.2, 0) is 27.5 Å². The Balaban J connectivity index is 1.46. The second kappa shape index (κ2) is 10.5. The number of esters is 1. The van der Waals surface area contributed by atoms with Gasteiger partial charge in [0.1, 0.15) is 18.2 Å². The van der Waals surface area contributed by atoms with Crippen molar-refractivity contribution in [2.24, 2.45) is 5.73 Å². The molecule has 176 valence electrons. The van der Waals surface area contributed by atoms with Crippen molar-refractivity contribution in [3.63, 3.8) is 0 Å². The summed E-state index contributed by atoms with van der Waals surface area (Å²) in [5.74, 6) is -0.693. The Morgan fingerprint density at radius 2 is 1.88 bits per heavy atom. The molecule has 0 aliphatic carbocycles. The smallest absolute Gasteiger partial charge is 0.312 e. The van der Waals surface area contributed by atoms with E-state index in [9.17, 15) is 14.0 Å². The van der Waals surface area contributed by atoms with Crippen LogP contribution in [-0.4, -0.2) is 12.0 Å². The molecular weight excluding hydrogens is 463 g/mol. The van der Waals surface area contributed by atoms with E-state index in [-0.39, 0.29) is 19.6 Å². The van der Waals surface area contributed by atoms with Gasteiger partial charge in [-0.1, -0.05) is 54.1 Å². The predicted octanol–water partition coefficient (Wildman–Crippen LogP) is 4.93. The molecule has 1 aliphatic heterocycles. The normalized spacial score (nSPS) is 15.5. The molecule has 0 spiro atoms. The fraction of sp³-hybridized carbons (Fsp3) is 0.200. The van der Waals surface area contributed by atoms with Gasteiger partial charge in [0.05, 0.1) is 19.1 Å². The summed E-state index contributed by atoms with van der Waals surface area (Å²) in [5.41, 5.74) is 7.59. The molecule has 34 heavy (non-hydrogen) atoms. The zero-order valence-electron chi connectivity index (χ0n) is 18.0. The fourth-order valence-electron chi connectivity index (χ4n) is 3.66. The molecule has 0 unspecified atom stereocenters. The van der Waals surface area contributed by atoms with Crippen LogP contribution < -0.4 is 15.8 Å². The van der Waals surface area contributed by atoms with Gasteiger partial charge in [-0.2, -0.15) is 0 Å². The molecule has 0 aromatic heterocycles. The molecular formula is C25H22ClFN2O5. The minimum absolute atomic E-state index is 0.148. The van der Waals surface area contributed by atoms with E-state index in [0.717, 1.165) is 5.56 Å². The van der Waals surface area contributed by atoms with Crippen molar-refractivity contribution in [3.8, 4) is 5.75 Å². The first-order valence-electron chi connectivity index (χ1n) is 10.5. The van der Waals surface area contributed by atoms with Crippen LogP contribution in [0.4, 0.5) is 9.18 Å². The zero-order valence-corrected chi connectivity index (χ0v) is 18.8. The van der Waals surface area contributed by atoms with Gasteiger partial charge in [-0.25, -0.2) is 9.18 Å². The van der Waals surface area contributed by atoms with Crippen LogP contribution in [0.2, 0.25) is 5.02 Å². The number of hydrogen-bond donors (Lipinski definition) is 2. The standard InChI is InChI=1S/C25H22ClFN2O5/c26-19-8-6-15(7-9-19)21(29-25(28)31)12-22(30)32-13-17-10-20(27)11-18-14-33-24(34-23(17)18)16-4-2-1-3-5-16/h1-11,21,24H,12-14H2,(H3,28,29,31)/t21-,24-/m0/s1. The van der Waals surface area contributed by atoms with Gasteiger partial charge >= 0.3 is 12.0 Å². The number of carbonyl (C=O) groups excluding carboxylic acids is 2. The lowest BCUT2D eigenvalue weighted by Crippen LogP contribution is -2.34. The summed E-state index contributed by atoms with van der Waals surface area (Å²) in [5, 5.41) is 3.03. The number of nitrogens with one attached hydrogen (secondary N) is 1. The van der Waals surface area contributed by atoms with Gasteiger partial charge in [0, 0.05) is 21.7 Å². The Hall–Kier alpha value is -3.62. The summed E-state index contributed by atoms with van der Waals surface area (Å²) >= 11 is 5.91. The fourth-order valence-corrected chi connectivity index (χ4v) is 3.79. The first kappa shape index (κ1) is 23.5. The molecule has 9 heteroatoms. The van der Waals surface area contributed by atoms with Crippen molar-refractivity contribution in [2.45, 2.75) is 32.0 Å². The number of fused-ring (bicyclic) bond motifs is 1. The van der Waals surface area contributed by atoms with Crippen molar-refractivity contribution in [3.05, 3.63) is 99.8 Å². The predicted molar refractivity (Wildman–Crippen MR) is 122 cm³/mol. The van der Waals surface area contributed by atoms with Gasteiger partial charge in [0.2, 0.25) is 6.29 Å². The van der Waals surface area contributed by atoms with E-state index in [1.165, 1.54) is 12.1 Å². The summed E-state index contributed by atoms with van der Waals surface area (Å²) in [6.07, 6.45) is -0.846. The molecule has 0 bridgehead atoms. The highest BCUT2D eigenvalue weighted by atomic mass is 35.5. The van der Waals surface area contributed by atoms with Crippen LogP contribution in [0, 0.1) is 5.82 Å². The van der Waals surface area contributed by atoms with Crippen molar-refractivity contribution < 1.29 is 28.2 Å². The van der Waals surface area contributed by atoms with Gasteiger partial charge in [-0.05, 0) is 29.8 Å². The SMILES string of the molecule is NC(=O)N[C@@H](CC(=O)OCc1cc(F)cc2c1O[C@@H](c1ccccc1)OC2)c1ccc(Cl)cc1. The van der Waals surface area contributed by atoms with E-state index in [4.69, 9.17) is 31.5 Å². The molecule has 0 saturated heterocycles. The maximum Gasteiger partial charge on any atom is 0.312 e. The highest BCUT2D eigenvalue weighted by Crippen LogP contribution is 2.37. The van der Waals surface area contributed by atoms with Crippen LogP contribution in [0.15, 0.2) is 66.7 Å². The van der Waals surface area contributed by atoms with Crippen molar-refractivity contribution in [1.82, 2.24) is 5.32 Å². The molecule has 1 aliphatic rings. The quantitative estimate of drug-likeness (QED) is 0.463. The Morgan fingerprint density at radius 3 is 2.59 bits per heavy atom. The van der Waals surface area contributed by atoms with E-state index in [2.05, 4.69) is 5.32 Å². The van der Waals surface area contributed by atoms with Crippen molar-refractivity contribution in [2.75, 3.05) is 0 Å². The first-order valence-corrected chi connectivity index (χ1v) is 10.9. The zero-order chi connectivity index (χ0) is 24.1. The van der Waals surface area contributed by atoms with Gasteiger partial charge in [0.25, 0.3) is 0 Å². The van der Waals surface area contributed by atoms with Crippen molar-refractivity contribution >= 4 is 23.6 Å². The second-order valence-corrected chi connectivity index (χ2v) is 8.14. The molecule has 7 nitrogen and oxygen atoms in total. The molecule has 0 radical (unpaired) electrons. The summed E-state index contributed by atoms with van der Waals surface area (Å²) in [6, 6.07) is 17.1. The number of rotatable bonds is 7. The van der Waals surface area contributed by atoms with E-state index in [1.54, 1.807) is 24.3 Å². The molecule has 3 aromatic rings. The highest BCUT2D eigenvalue weighted by Gasteiger charge is 2.26. The Labute approximate surface area is 200 Å². The average Bonchev–Trinajstić information content (AvgIpc) is 2.82. The third-order valence-electron chi connectivity index (χ3n) is 5.24. The molecule has 2 atom stereocenters. The number of primary amides is 1. The monoisotopic (exact) mass is 484 g/mol. The van der Waals surface area contributed by atoms with Gasteiger partial charge in [-0.3, -0.25) is 4.79 Å². The van der Waals surface area contributed by atoms with Crippen molar-refractivity contribution in [1.29, 1.82) is 0 Å². The lowest BCUT2D eigenvalue weighted by Gasteiger charge is -2.28. The number of hydrogen-bond acceptors (Lipinski definition) is 5. The number of amides is 2. The minimum atomic E-state index is -0.785. The lowest BCUT2D eigenvalue weighted by atomic mass is 10.0. The summed E-state index contributed by atoms with van der Waals surface area (Å²) in [6.45, 7) is -0.0703. The van der Waals surface area contributed by atoms with Gasteiger partial charge in [0.15, 0.2) is 0 Å². The number of benzene rings is 3. The van der Waals surface area contributed by atoms with Gasteiger partial charge in [-0.15, -0.1) is 0 Å². The van der Waals surface area contributed by atoms with Crippen LogP contribution in [0.3, 0.4) is 0 Å². The van der Waals surface area contributed by atoms with E-state index >= 15 is 0 Å². The molecule has 3 N–H and O–H groups in total. The van der Waals surface area contributed by atoms with E-state index < -0.39 is 30.1 Å². The summed E-state index contributed by atoms with van der Waals surface area (Å²) in [7, 11) is 0. The molecule has 1 heterocycles. The average molecular weight is 485 g/mol. The molecule has 3 aromatic carbocycles. The number of nitrogens with two attached hydrogens (primary N) is 1. The summed E-state index contributed by atoms with van der Waals surface area (Å²) in [4.78, 5) is 24.0. The van der Waals surface area contributed by atoms with E-state index in [0.29, 0.717) is 27.5 Å². The third-order valence-corrected chi connectivity index (χ3v) is 5.49. The summed E-state index contributed by atoms with van der Waals surface area (Å²) < 4.78 is 31.3. The molecule has 4 rings (SSSR count). The Bertz CT molecular complexity index is 1170. The minimum Gasteiger partial charge on any atom is -0.461 e. The first-order chi connectivity index (χ1) is 16.4. The maximum absolute atomic E-state index is 14.2. The molecule has 0 fully saturated rings. The van der Waals surface area contributed by atoms with E-state index in [1.807, 2.05) is 30.3 Å². The Morgan fingerprint density at radius 1 is 1.15 bits per heavy atom. The number of carbonyl (C=O) groups is 2. The molecule has 0 saturated carbocycles. The second-order valence-electron chi connectivity index (χ2n) is 7.70. The maximum atomic E-state index is 14.2. The van der Waals surface area contributed by atoms with Crippen LogP contribution in [0.25, 0.3) is 0 Å². The lowest BCUT2D eigenvalue weighted by molar-refractivity contribution is -0.145. The van der Waals surface area contributed by atoms with Crippen LogP contribution in [0.1, 0.15) is 41.0 Å². The Kier molecular flexibility index (Phi) is 7.30. The van der Waals surface area contributed by atoms with Gasteiger partial charge < -0.3 is 25.3 Å². The largest absolute Gasteiger partial charge is 0.461 e. The third kappa shape index (κ3) is 5.84. The topological polar surface area (TPSA) is 99.9 Å². The van der Waals surface area contributed by atoms with Crippen LogP contribution in [0.5, 0.6) is 5.75 Å². The number of urea groups is 1. The number of ether oxygens (including phenoxy) is 3. The highest BCUT2D eigenvalue weighted by molar-refractivity contribution is 6.30. The molecule has 2 amide bonds. The number of halogens is 2.